The minimum atomic E-state index is -0.556. The third kappa shape index (κ3) is 3.09. The molecule has 0 bridgehead atoms. The van der Waals surface area contributed by atoms with Gasteiger partial charge in [-0.3, -0.25) is 10.4 Å². The molecular formula is C16H13N3O2. The fourth-order valence-corrected chi connectivity index (χ4v) is 1.94. The first kappa shape index (κ1) is 12.9. The fourth-order valence-electron chi connectivity index (χ4n) is 1.94. The maximum Gasteiger partial charge on any atom is 0.417 e. The number of H-pyrrole nitrogens is 1. The lowest BCUT2D eigenvalue weighted by Crippen LogP contribution is -2.16. The number of nitrogens with zero attached hydrogens (tertiary/aromatic N) is 1. The average Bonchev–Trinajstić information content (AvgIpc) is 2.97. The van der Waals surface area contributed by atoms with Crippen molar-refractivity contribution in [1.82, 2.24) is 10.2 Å². The quantitative estimate of drug-likeness (QED) is 0.768. The van der Waals surface area contributed by atoms with Crippen molar-refractivity contribution in [1.29, 1.82) is 0 Å². The summed E-state index contributed by atoms with van der Waals surface area (Å²) >= 11 is 0. The number of amides is 1. The van der Waals surface area contributed by atoms with E-state index in [2.05, 4.69) is 15.5 Å². The average molecular weight is 279 g/mol. The predicted molar refractivity (Wildman–Crippen MR) is 80.1 cm³/mol. The maximum atomic E-state index is 11.9. The molecule has 3 rings (SSSR count). The number of nitrogens with one attached hydrogen (secondary N) is 2. The first-order valence-electron chi connectivity index (χ1n) is 6.45. The highest BCUT2D eigenvalue weighted by molar-refractivity contribution is 5.91. The topological polar surface area (TPSA) is 67.0 Å². The van der Waals surface area contributed by atoms with Gasteiger partial charge in [-0.25, -0.2) is 4.79 Å². The van der Waals surface area contributed by atoms with Crippen LogP contribution in [0.5, 0.6) is 5.75 Å². The van der Waals surface area contributed by atoms with E-state index >= 15 is 0 Å². The number of para-hydroxylation sites is 1. The number of hydrogen-bond acceptors (Lipinski definition) is 3. The zero-order chi connectivity index (χ0) is 14.5. The van der Waals surface area contributed by atoms with Crippen LogP contribution in [0.2, 0.25) is 0 Å². The molecule has 0 spiro atoms. The van der Waals surface area contributed by atoms with Gasteiger partial charge in [0.2, 0.25) is 0 Å². The first-order valence-corrected chi connectivity index (χ1v) is 6.45. The lowest BCUT2D eigenvalue weighted by atomic mass is 10.1. The van der Waals surface area contributed by atoms with Crippen molar-refractivity contribution in [2.45, 2.75) is 0 Å². The Morgan fingerprint density at radius 2 is 1.67 bits per heavy atom. The lowest BCUT2D eigenvalue weighted by molar-refractivity contribution is 0.215. The molecule has 0 aliphatic heterocycles. The van der Waals surface area contributed by atoms with E-state index in [4.69, 9.17) is 4.74 Å². The maximum absolute atomic E-state index is 11.9. The van der Waals surface area contributed by atoms with Gasteiger partial charge in [-0.2, -0.15) is 5.10 Å². The van der Waals surface area contributed by atoms with Crippen molar-refractivity contribution in [2.75, 3.05) is 5.32 Å². The van der Waals surface area contributed by atoms with Crippen LogP contribution in [0.1, 0.15) is 0 Å². The number of aromatic nitrogens is 2. The SMILES string of the molecule is O=C(Nc1cn[nH]c1-c1ccccc1)Oc1ccccc1. The first-order chi connectivity index (χ1) is 10.3. The monoisotopic (exact) mass is 279 g/mol. The Labute approximate surface area is 121 Å². The number of rotatable bonds is 3. The molecule has 5 heteroatoms. The van der Waals surface area contributed by atoms with Crippen LogP contribution in [0.15, 0.2) is 66.9 Å². The Hall–Kier alpha value is -3.08. The summed E-state index contributed by atoms with van der Waals surface area (Å²) in [7, 11) is 0. The molecule has 0 fully saturated rings. The van der Waals surface area contributed by atoms with Gasteiger partial charge in [0.25, 0.3) is 0 Å². The Morgan fingerprint density at radius 1 is 1.00 bits per heavy atom. The van der Waals surface area contributed by atoms with E-state index in [1.807, 2.05) is 36.4 Å². The predicted octanol–water partition coefficient (Wildman–Crippen LogP) is 3.69. The van der Waals surface area contributed by atoms with Crippen LogP contribution in [0.3, 0.4) is 0 Å². The van der Waals surface area contributed by atoms with Gasteiger partial charge < -0.3 is 4.74 Å². The molecule has 0 aliphatic rings. The molecule has 0 saturated carbocycles. The number of carbonyl (C=O) groups excluding carboxylic acids is 1. The van der Waals surface area contributed by atoms with Crippen LogP contribution in [-0.2, 0) is 0 Å². The molecule has 1 amide bonds. The van der Waals surface area contributed by atoms with E-state index in [0.29, 0.717) is 11.4 Å². The van der Waals surface area contributed by atoms with E-state index in [0.717, 1.165) is 11.3 Å². The summed E-state index contributed by atoms with van der Waals surface area (Å²) < 4.78 is 5.19. The second-order valence-corrected chi connectivity index (χ2v) is 4.35. The molecular weight excluding hydrogens is 266 g/mol. The molecule has 21 heavy (non-hydrogen) atoms. The number of ether oxygens (including phenoxy) is 1. The van der Waals surface area contributed by atoms with Crippen molar-refractivity contribution < 1.29 is 9.53 Å². The second kappa shape index (κ2) is 5.92. The Morgan fingerprint density at radius 3 is 2.38 bits per heavy atom. The van der Waals surface area contributed by atoms with Gasteiger partial charge in [0, 0.05) is 5.56 Å². The summed E-state index contributed by atoms with van der Waals surface area (Å²) in [5, 5.41) is 9.52. The van der Waals surface area contributed by atoms with Crippen LogP contribution in [0.25, 0.3) is 11.3 Å². The van der Waals surface area contributed by atoms with E-state index in [1.54, 1.807) is 30.5 Å². The van der Waals surface area contributed by atoms with E-state index in [9.17, 15) is 4.79 Å². The Bertz CT molecular complexity index is 724. The van der Waals surface area contributed by atoms with Crippen molar-refractivity contribution in [3.05, 3.63) is 66.9 Å². The van der Waals surface area contributed by atoms with Gasteiger partial charge in [0.15, 0.2) is 0 Å². The van der Waals surface area contributed by atoms with Gasteiger partial charge >= 0.3 is 6.09 Å². The largest absolute Gasteiger partial charge is 0.417 e. The zero-order valence-electron chi connectivity index (χ0n) is 11.1. The molecule has 104 valence electrons. The molecule has 1 aromatic heterocycles. The summed E-state index contributed by atoms with van der Waals surface area (Å²) in [4.78, 5) is 11.9. The standard InChI is InChI=1S/C16H13N3O2/c20-16(21-13-9-5-2-6-10-13)18-14-11-17-19-15(14)12-7-3-1-4-8-12/h1-11H,(H,17,19)(H,18,20). The molecule has 0 radical (unpaired) electrons. The summed E-state index contributed by atoms with van der Waals surface area (Å²) in [6.07, 6.45) is 0.994. The normalized spacial score (nSPS) is 10.1. The minimum Gasteiger partial charge on any atom is -0.410 e. The molecule has 0 saturated heterocycles. The van der Waals surface area contributed by atoms with Crippen molar-refractivity contribution >= 4 is 11.8 Å². The van der Waals surface area contributed by atoms with Gasteiger partial charge in [-0.15, -0.1) is 0 Å². The molecule has 0 atom stereocenters. The number of carbonyl (C=O) groups is 1. The summed E-state index contributed by atoms with van der Waals surface area (Å²) in [6, 6.07) is 18.5. The highest BCUT2D eigenvalue weighted by Crippen LogP contribution is 2.25. The number of hydrogen-bond donors (Lipinski definition) is 2. The van der Waals surface area contributed by atoms with Gasteiger partial charge in [-0.1, -0.05) is 48.5 Å². The van der Waals surface area contributed by atoms with Crippen LogP contribution < -0.4 is 10.1 Å². The molecule has 0 aliphatic carbocycles. The van der Waals surface area contributed by atoms with Crippen LogP contribution in [-0.4, -0.2) is 16.3 Å². The fraction of sp³-hybridized carbons (Fsp3) is 0. The molecule has 3 aromatic rings. The van der Waals surface area contributed by atoms with Crippen LogP contribution in [0.4, 0.5) is 10.5 Å². The number of anilines is 1. The number of benzene rings is 2. The minimum absolute atomic E-state index is 0.486. The smallest absolute Gasteiger partial charge is 0.410 e. The molecule has 0 unspecified atom stereocenters. The summed E-state index contributed by atoms with van der Waals surface area (Å²) in [5.74, 6) is 0.486. The molecule has 2 aromatic carbocycles. The van der Waals surface area contributed by atoms with Crippen LogP contribution in [0, 0.1) is 0 Å². The number of aromatic amines is 1. The van der Waals surface area contributed by atoms with E-state index in [1.165, 1.54) is 0 Å². The summed E-state index contributed by atoms with van der Waals surface area (Å²) in [6.45, 7) is 0. The van der Waals surface area contributed by atoms with Gasteiger partial charge in [-0.05, 0) is 12.1 Å². The lowest BCUT2D eigenvalue weighted by Gasteiger charge is -2.07. The summed E-state index contributed by atoms with van der Waals surface area (Å²) in [5.41, 5.74) is 2.24. The van der Waals surface area contributed by atoms with Crippen molar-refractivity contribution in [2.24, 2.45) is 0 Å². The molecule has 1 heterocycles. The Kier molecular flexibility index (Phi) is 3.64. The van der Waals surface area contributed by atoms with Crippen molar-refractivity contribution in [3.8, 4) is 17.0 Å². The van der Waals surface area contributed by atoms with Gasteiger partial charge in [0.05, 0.1) is 17.6 Å². The van der Waals surface area contributed by atoms with Crippen molar-refractivity contribution in [3.63, 3.8) is 0 Å². The zero-order valence-corrected chi connectivity index (χ0v) is 11.1. The van der Waals surface area contributed by atoms with Crippen LogP contribution >= 0.6 is 0 Å². The highest BCUT2D eigenvalue weighted by atomic mass is 16.6. The van der Waals surface area contributed by atoms with Gasteiger partial charge in [0.1, 0.15) is 5.75 Å². The molecule has 5 nitrogen and oxygen atoms in total. The third-order valence-electron chi connectivity index (χ3n) is 2.89. The Balaban J connectivity index is 1.74. The van der Waals surface area contributed by atoms with E-state index in [-0.39, 0.29) is 0 Å². The second-order valence-electron chi connectivity index (χ2n) is 4.35. The highest BCUT2D eigenvalue weighted by Gasteiger charge is 2.11. The molecule has 2 N–H and O–H groups in total. The van der Waals surface area contributed by atoms with E-state index < -0.39 is 6.09 Å². The third-order valence-corrected chi connectivity index (χ3v) is 2.89.